The molecule has 0 aromatic carbocycles. The van der Waals surface area contributed by atoms with Crippen LogP contribution in [0, 0.1) is 0 Å². The number of nitrogens with one attached hydrogen (secondary N) is 1. The molecule has 1 aromatic heterocycles. The van der Waals surface area contributed by atoms with Crippen LogP contribution in [0.3, 0.4) is 0 Å². The van der Waals surface area contributed by atoms with Gasteiger partial charge in [0.2, 0.25) is 0 Å². The second kappa shape index (κ2) is 8.74. The van der Waals surface area contributed by atoms with Crippen molar-refractivity contribution in [3.05, 3.63) is 11.9 Å². The van der Waals surface area contributed by atoms with Crippen molar-refractivity contribution >= 4 is 11.6 Å². The van der Waals surface area contributed by atoms with E-state index in [1.54, 1.807) is 6.33 Å². The van der Waals surface area contributed by atoms with Crippen LogP contribution >= 0.6 is 0 Å². The van der Waals surface area contributed by atoms with Crippen molar-refractivity contribution in [1.29, 1.82) is 0 Å². The lowest BCUT2D eigenvalue weighted by Gasteiger charge is -2.26. The first-order valence-electron chi connectivity index (χ1n) is 7.57. The van der Waals surface area contributed by atoms with Crippen molar-refractivity contribution < 1.29 is 4.74 Å². The lowest BCUT2D eigenvalue weighted by Crippen LogP contribution is -2.29. The third-order valence-electron chi connectivity index (χ3n) is 3.18. The molecule has 1 N–H and O–H groups in total. The van der Waals surface area contributed by atoms with Crippen LogP contribution in [0.4, 0.5) is 11.6 Å². The molecule has 114 valence electrons. The van der Waals surface area contributed by atoms with Crippen molar-refractivity contribution in [1.82, 2.24) is 9.97 Å². The maximum absolute atomic E-state index is 5.46. The summed E-state index contributed by atoms with van der Waals surface area (Å²) < 4.78 is 5.46. The van der Waals surface area contributed by atoms with Gasteiger partial charge in [0.05, 0.1) is 6.61 Å². The molecule has 0 saturated carbocycles. The standard InChI is InChI=1S/C15H28N4O/c1-6-16-14-13(12(4)5)15(18-11-17-14)19(7-2)9-10-20-8-3/h11-12H,6-10H2,1-5H3,(H,16,17,18). The maximum atomic E-state index is 5.46. The Morgan fingerprint density at radius 3 is 2.55 bits per heavy atom. The Bertz CT molecular complexity index is 395. The van der Waals surface area contributed by atoms with Crippen LogP contribution in [-0.2, 0) is 4.74 Å². The topological polar surface area (TPSA) is 50.3 Å². The lowest BCUT2D eigenvalue weighted by molar-refractivity contribution is 0.154. The Morgan fingerprint density at radius 2 is 2.00 bits per heavy atom. The highest BCUT2D eigenvalue weighted by atomic mass is 16.5. The van der Waals surface area contributed by atoms with E-state index in [-0.39, 0.29) is 0 Å². The van der Waals surface area contributed by atoms with Crippen molar-refractivity contribution in [2.45, 2.75) is 40.5 Å². The summed E-state index contributed by atoms with van der Waals surface area (Å²) in [7, 11) is 0. The van der Waals surface area contributed by atoms with Crippen LogP contribution in [0.5, 0.6) is 0 Å². The molecule has 0 fully saturated rings. The van der Waals surface area contributed by atoms with E-state index in [0.29, 0.717) is 5.92 Å². The molecule has 0 aliphatic rings. The molecule has 0 spiro atoms. The first-order chi connectivity index (χ1) is 9.65. The normalized spacial score (nSPS) is 10.9. The van der Waals surface area contributed by atoms with Gasteiger partial charge in [-0.3, -0.25) is 0 Å². The number of aromatic nitrogens is 2. The Balaban J connectivity index is 3.03. The molecule has 1 rings (SSSR count). The van der Waals surface area contributed by atoms with Crippen LogP contribution in [0.1, 0.15) is 46.1 Å². The lowest BCUT2D eigenvalue weighted by atomic mass is 10.0. The zero-order chi connectivity index (χ0) is 15.0. The number of hydrogen-bond acceptors (Lipinski definition) is 5. The van der Waals surface area contributed by atoms with Crippen molar-refractivity contribution in [3.8, 4) is 0 Å². The van der Waals surface area contributed by atoms with Crippen molar-refractivity contribution in [3.63, 3.8) is 0 Å². The average Bonchev–Trinajstić information content (AvgIpc) is 2.43. The van der Waals surface area contributed by atoms with Gasteiger partial charge in [0, 0.05) is 31.8 Å². The molecule has 0 bridgehead atoms. The maximum Gasteiger partial charge on any atom is 0.137 e. The van der Waals surface area contributed by atoms with E-state index in [0.717, 1.165) is 44.5 Å². The second-order valence-corrected chi connectivity index (χ2v) is 4.92. The van der Waals surface area contributed by atoms with Crippen LogP contribution in [0.15, 0.2) is 6.33 Å². The molecule has 1 heterocycles. The fourth-order valence-electron chi connectivity index (χ4n) is 2.21. The van der Waals surface area contributed by atoms with Gasteiger partial charge in [-0.05, 0) is 26.7 Å². The Labute approximate surface area is 122 Å². The molecule has 0 amide bonds. The number of anilines is 2. The molecular weight excluding hydrogens is 252 g/mol. The zero-order valence-corrected chi connectivity index (χ0v) is 13.4. The number of likely N-dealkylation sites (N-methyl/N-ethyl adjacent to an activating group) is 1. The molecule has 0 aliphatic carbocycles. The van der Waals surface area contributed by atoms with Crippen molar-refractivity contribution in [2.24, 2.45) is 0 Å². The minimum Gasteiger partial charge on any atom is -0.380 e. The van der Waals surface area contributed by atoms with E-state index in [4.69, 9.17) is 4.74 Å². The van der Waals surface area contributed by atoms with E-state index < -0.39 is 0 Å². The molecule has 5 heteroatoms. The smallest absolute Gasteiger partial charge is 0.137 e. The zero-order valence-electron chi connectivity index (χ0n) is 13.4. The summed E-state index contributed by atoms with van der Waals surface area (Å²) in [4.78, 5) is 11.2. The van der Waals surface area contributed by atoms with Gasteiger partial charge in [0.15, 0.2) is 0 Å². The number of hydrogen-bond donors (Lipinski definition) is 1. The van der Waals surface area contributed by atoms with Crippen molar-refractivity contribution in [2.75, 3.05) is 43.1 Å². The third kappa shape index (κ3) is 4.34. The quantitative estimate of drug-likeness (QED) is 0.705. The minimum atomic E-state index is 0.376. The van der Waals surface area contributed by atoms with Gasteiger partial charge >= 0.3 is 0 Å². The summed E-state index contributed by atoms with van der Waals surface area (Å²) in [6, 6.07) is 0. The molecule has 1 aromatic rings. The molecule has 0 unspecified atom stereocenters. The third-order valence-corrected chi connectivity index (χ3v) is 3.18. The predicted octanol–water partition coefficient (Wildman–Crippen LogP) is 2.89. The van der Waals surface area contributed by atoms with E-state index in [1.807, 2.05) is 6.92 Å². The first kappa shape index (κ1) is 16.7. The second-order valence-electron chi connectivity index (χ2n) is 4.92. The van der Waals surface area contributed by atoms with Crippen LogP contribution in [-0.4, -0.2) is 42.8 Å². The Morgan fingerprint density at radius 1 is 1.25 bits per heavy atom. The minimum absolute atomic E-state index is 0.376. The predicted molar refractivity (Wildman–Crippen MR) is 84.7 cm³/mol. The fraction of sp³-hybridized carbons (Fsp3) is 0.733. The summed E-state index contributed by atoms with van der Waals surface area (Å²) in [5, 5.41) is 3.34. The molecule has 20 heavy (non-hydrogen) atoms. The highest BCUT2D eigenvalue weighted by molar-refractivity contribution is 5.60. The summed E-state index contributed by atoms with van der Waals surface area (Å²) >= 11 is 0. The Kier molecular flexibility index (Phi) is 7.30. The SMILES string of the molecule is CCNc1ncnc(N(CC)CCOCC)c1C(C)C. The van der Waals surface area contributed by atoms with E-state index >= 15 is 0 Å². The number of ether oxygens (including phenoxy) is 1. The summed E-state index contributed by atoms with van der Waals surface area (Å²) in [6.45, 7) is 14.7. The van der Waals surface area contributed by atoms with Gasteiger partial charge in [0.1, 0.15) is 18.0 Å². The highest BCUT2D eigenvalue weighted by Crippen LogP contribution is 2.30. The molecule has 0 atom stereocenters. The number of nitrogens with zero attached hydrogens (tertiary/aromatic N) is 3. The summed E-state index contributed by atoms with van der Waals surface area (Å²) in [5.41, 5.74) is 1.19. The van der Waals surface area contributed by atoms with Crippen LogP contribution < -0.4 is 10.2 Å². The van der Waals surface area contributed by atoms with Gasteiger partial charge in [-0.15, -0.1) is 0 Å². The van der Waals surface area contributed by atoms with Gasteiger partial charge in [0.25, 0.3) is 0 Å². The molecule has 0 aliphatic heterocycles. The van der Waals surface area contributed by atoms with Gasteiger partial charge in [-0.2, -0.15) is 0 Å². The summed E-state index contributed by atoms with van der Waals surface area (Å²) in [5.74, 6) is 2.34. The average molecular weight is 280 g/mol. The monoisotopic (exact) mass is 280 g/mol. The van der Waals surface area contributed by atoms with E-state index in [1.165, 1.54) is 5.56 Å². The highest BCUT2D eigenvalue weighted by Gasteiger charge is 2.18. The Hall–Kier alpha value is -1.36. The summed E-state index contributed by atoms with van der Waals surface area (Å²) in [6.07, 6.45) is 1.64. The molecule has 0 radical (unpaired) electrons. The number of rotatable bonds is 9. The largest absolute Gasteiger partial charge is 0.380 e. The molecular formula is C15H28N4O. The first-order valence-corrected chi connectivity index (χ1v) is 7.57. The van der Waals surface area contributed by atoms with Gasteiger partial charge in [-0.1, -0.05) is 13.8 Å². The fourth-order valence-corrected chi connectivity index (χ4v) is 2.21. The van der Waals surface area contributed by atoms with Crippen LogP contribution in [0.2, 0.25) is 0 Å². The van der Waals surface area contributed by atoms with E-state index in [2.05, 4.69) is 47.9 Å². The van der Waals surface area contributed by atoms with E-state index in [9.17, 15) is 0 Å². The van der Waals surface area contributed by atoms with Crippen LogP contribution in [0.25, 0.3) is 0 Å². The molecule has 0 saturated heterocycles. The van der Waals surface area contributed by atoms with Gasteiger partial charge < -0.3 is 15.0 Å². The molecule has 5 nitrogen and oxygen atoms in total. The van der Waals surface area contributed by atoms with Gasteiger partial charge in [-0.25, -0.2) is 9.97 Å².